The molecule has 0 fully saturated rings. The van der Waals surface area contributed by atoms with Crippen molar-refractivity contribution >= 4 is 56.6 Å². The zero-order chi connectivity index (χ0) is 21.3. The van der Waals surface area contributed by atoms with Gasteiger partial charge in [-0.3, -0.25) is 19.5 Å². The highest BCUT2D eigenvalue weighted by molar-refractivity contribution is 8.00. The second kappa shape index (κ2) is 8.42. The molecule has 0 aliphatic heterocycles. The van der Waals surface area contributed by atoms with Crippen LogP contribution in [0.5, 0.6) is 0 Å². The number of carbonyl (C=O) groups is 2. The molecule has 4 rings (SSSR count). The Kier molecular flexibility index (Phi) is 5.71. The lowest BCUT2D eigenvalue weighted by Crippen LogP contribution is -2.39. The molecular weight excluding hydrogens is 440 g/mol. The van der Waals surface area contributed by atoms with Gasteiger partial charge in [0, 0.05) is 15.8 Å². The van der Waals surface area contributed by atoms with Crippen LogP contribution < -0.4 is 16.6 Å². The monoisotopic (exact) mass is 456 g/mol. The van der Waals surface area contributed by atoms with Crippen LogP contribution in [-0.4, -0.2) is 26.7 Å². The van der Waals surface area contributed by atoms with Crippen LogP contribution in [0.3, 0.4) is 0 Å². The van der Waals surface area contributed by atoms with Crippen molar-refractivity contribution in [2.75, 3.05) is 0 Å². The number of benzene rings is 1. The third-order valence-corrected chi connectivity index (χ3v) is 7.10. The first-order chi connectivity index (χ1) is 14.5. The molecule has 3 N–H and O–H groups in total. The van der Waals surface area contributed by atoms with E-state index in [0.29, 0.717) is 21.1 Å². The fourth-order valence-electron chi connectivity index (χ4n) is 2.90. The molecule has 3 heterocycles. The molecule has 10 heteroatoms. The lowest BCUT2D eigenvalue weighted by Gasteiger charge is -2.15. The number of thioether (sulfide) groups is 1. The Hall–Kier alpha value is -2.95. The fraction of sp³-hybridized carbons (Fsp3) is 0.100. The molecule has 152 valence electrons. The molecule has 3 amide bonds. The number of nitrogens with zero attached hydrogens (tertiary/aromatic N) is 2. The number of para-hydroxylation sites is 1. The predicted octanol–water partition coefficient (Wildman–Crippen LogP) is 3.85. The van der Waals surface area contributed by atoms with E-state index in [2.05, 4.69) is 5.32 Å². The number of imide groups is 1. The van der Waals surface area contributed by atoms with Gasteiger partial charge < -0.3 is 5.73 Å². The number of amides is 3. The number of nitrogens with two attached hydrogens (primary N) is 1. The zero-order valence-corrected chi connectivity index (χ0v) is 18.1. The van der Waals surface area contributed by atoms with E-state index < -0.39 is 17.2 Å². The van der Waals surface area contributed by atoms with E-state index in [1.165, 1.54) is 15.9 Å². The second-order valence-corrected chi connectivity index (χ2v) is 9.40. The summed E-state index contributed by atoms with van der Waals surface area (Å²) in [5, 5.41) is 6.18. The van der Waals surface area contributed by atoms with Gasteiger partial charge in [-0.1, -0.05) is 36.0 Å². The number of carbonyl (C=O) groups excluding carboxylic acids is 2. The Morgan fingerprint density at radius 1 is 1.17 bits per heavy atom. The van der Waals surface area contributed by atoms with E-state index in [1.807, 2.05) is 53.2 Å². The molecule has 0 radical (unpaired) electrons. The van der Waals surface area contributed by atoms with Crippen LogP contribution in [0, 0.1) is 0 Å². The van der Waals surface area contributed by atoms with Crippen molar-refractivity contribution in [2.45, 2.75) is 17.3 Å². The van der Waals surface area contributed by atoms with Crippen LogP contribution in [0.15, 0.2) is 63.2 Å². The Labute approximate surface area is 183 Å². The molecule has 0 saturated heterocycles. The number of hydrogen-bond acceptors (Lipinski definition) is 7. The number of thiophene rings is 2. The highest BCUT2D eigenvalue weighted by Gasteiger charge is 2.23. The van der Waals surface area contributed by atoms with Gasteiger partial charge in [-0.15, -0.1) is 22.7 Å². The fourth-order valence-corrected chi connectivity index (χ4v) is 5.63. The van der Waals surface area contributed by atoms with Gasteiger partial charge in [0.1, 0.15) is 4.83 Å². The Morgan fingerprint density at radius 2 is 1.93 bits per heavy atom. The van der Waals surface area contributed by atoms with E-state index in [9.17, 15) is 14.4 Å². The summed E-state index contributed by atoms with van der Waals surface area (Å²) in [6.45, 7) is 1.63. The van der Waals surface area contributed by atoms with Gasteiger partial charge >= 0.3 is 6.03 Å². The second-order valence-electron chi connectivity index (χ2n) is 6.29. The maximum absolute atomic E-state index is 13.6. The molecule has 3 aromatic heterocycles. The normalized spacial score (nSPS) is 12.0. The van der Waals surface area contributed by atoms with Crippen LogP contribution in [0.25, 0.3) is 26.3 Å². The minimum atomic E-state index is -0.921. The predicted molar refractivity (Wildman–Crippen MR) is 122 cm³/mol. The lowest BCUT2D eigenvalue weighted by molar-refractivity contribution is -0.119. The van der Waals surface area contributed by atoms with E-state index in [-0.39, 0.29) is 5.56 Å². The minimum Gasteiger partial charge on any atom is -0.351 e. The quantitative estimate of drug-likeness (QED) is 0.350. The zero-order valence-electron chi connectivity index (χ0n) is 15.7. The van der Waals surface area contributed by atoms with Crippen LogP contribution in [0.2, 0.25) is 0 Å². The molecular formula is C20H16N4O3S3. The van der Waals surface area contributed by atoms with Crippen molar-refractivity contribution < 1.29 is 9.59 Å². The van der Waals surface area contributed by atoms with Crippen molar-refractivity contribution in [1.29, 1.82) is 0 Å². The Balaban J connectivity index is 1.89. The van der Waals surface area contributed by atoms with E-state index in [1.54, 1.807) is 18.3 Å². The summed E-state index contributed by atoms with van der Waals surface area (Å²) >= 11 is 4.04. The third kappa shape index (κ3) is 3.89. The van der Waals surface area contributed by atoms with Gasteiger partial charge in [0.25, 0.3) is 5.56 Å². The molecule has 1 aromatic carbocycles. The standard InChI is InChI=1S/C20H16N4O3S3/c1-11(16(25)22-19(21)27)30-20-23-17-15(13(10-29-17)14-8-5-9-28-14)18(26)24(20)12-6-3-2-4-7-12/h2-11H,1H3,(H3,21,22,25,27)/t11-/m0/s1. The van der Waals surface area contributed by atoms with E-state index >= 15 is 0 Å². The molecule has 0 saturated carbocycles. The summed E-state index contributed by atoms with van der Waals surface area (Å²) in [7, 11) is 0. The number of urea groups is 1. The van der Waals surface area contributed by atoms with Crippen molar-refractivity contribution in [3.63, 3.8) is 0 Å². The highest BCUT2D eigenvalue weighted by atomic mass is 32.2. The summed E-state index contributed by atoms with van der Waals surface area (Å²) in [6, 6.07) is 12.1. The number of fused-ring (bicyclic) bond motifs is 1. The summed E-state index contributed by atoms with van der Waals surface area (Å²) in [5.41, 5.74) is 6.33. The molecule has 0 unspecified atom stereocenters. The largest absolute Gasteiger partial charge is 0.351 e. The molecule has 30 heavy (non-hydrogen) atoms. The highest BCUT2D eigenvalue weighted by Crippen LogP contribution is 2.35. The van der Waals surface area contributed by atoms with Gasteiger partial charge in [-0.25, -0.2) is 9.78 Å². The number of rotatable bonds is 5. The number of hydrogen-bond donors (Lipinski definition) is 2. The Bertz CT molecular complexity index is 1280. The minimum absolute atomic E-state index is 0.208. The SMILES string of the molecule is C[C@H](Sc1nc2scc(-c3cccs3)c2c(=O)n1-c1ccccc1)C(=O)NC(N)=O. The topological polar surface area (TPSA) is 107 Å². The van der Waals surface area contributed by atoms with Gasteiger partial charge in [0.05, 0.1) is 16.3 Å². The maximum Gasteiger partial charge on any atom is 0.318 e. The average Bonchev–Trinajstić information content (AvgIpc) is 3.38. The smallest absolute Gasteiger partial charge is 0.318 e. The van der Waals surface area contributed by atoms with E-state index in [0.717, 1.165) is 22.2 Å². The molecule has 7 nitrogen and oxygen atoms in total. The molecule has 4 aromatic rings. The number of aromatic nitrogens is 2. The van der Waals surface area contributed by atoms with Crippen LogP contribution in [-0.2, 0) is 4.79 Å². The van der Waals surface area contributed by atoms with Crippen molar-refractivity contribution in [3.8, 4) is 16.1 Å². The summed E-state index contributed by atoms with van der Waals surface area (Å²) in [4.78, 5) is 43.1. The average molecular weight is 457 g/mol. The van der Waals surface area contributed by atoms with Gasteiger partial charge in [-0.2, -0.15) is 0 Å². The molecule has 0 aliphatic carbocycles. The third-order valence-electron chi connectivity index (χ3n) is 4.28. The first-order valence-corrected chi connectivity index (χ1v) is 11.5. The first-order valence-electron chi connectivity index (χ1n) is 8.86. The number of primary amides is 1. The van der Waals surface area contributed by atoms with Crippen LogP contribution in [0.4, 0.5) is 4.79 Å². The molecule has 0 aliphatic rings. The lowest BCUT2D eigenvalue weighted by atomic mass is 10.2. The van der Waals surface area contributed by atoms with Gasteiger partial charge in [0.15, 0.2) is 5.16 Å². The molecule has 0 spiro atoms. The summed E-state index contributed by atoms with van der Waals surface area (Å²) < 4.78 is 1.50. The molecule has 1 atom stereocenters. The van der Waals surface area contributed by atoms with Gasteiger partial charge in [-0.05, 0) is 30.5 Å². The number of nitrogens with one attached hydrogen (secondary N) is 1. The van der Waals surface area contributed by atoms with Crippen molar-refractivity contribution in [3.05, 3.63) is 63.6 Å². The van der Waals surface area contributed by atoms with Crippen molar-refractivity contribution in [1.82, 2.24) is 14.9 Å². The first kappa shape index (κ1) is 20.3. The Morgan fingerprint density at radius 3 is 2.60 bits per heavy atom. The summed E-state index contributed by atoms with van der Waals surface area (Å²) in [5.74, 6) is -0.549. The van der Waals surface area contributed by atoms with Gasteiger partial charge in [0.2, 0.25) is 5.91 Å². The maximum atomic E-state index is 13.6. The van der Waals surface area contributed by atoms with Crippen molar-refractivity contribution in [2.24, 2.45) is 5.73 Å². The van der Waals surface area contributed by atoms with Crippen LogP contribution in [0.1, 0.15) is 6.92 Å². The van der Waals surface area contributed by atoms with E-state index in [4.69, 9.17) is 10.7 Å². The molecule has 0 bridgehead atoms. The summed E-state index contributed by atoms with van der Waals surface area (Å²) in [6.07, 6.45) is 0. The van der Waals surface area contributed by atoms with Crippen LogP contribution >= 0.6 is 34.4 Å².